The highest BCUT2D eigenvalue weighted by molar-refractivity contribution is 5.54. The molecule has 0 aromatic carbocycles. The number of fused-ring (bicyclic) bond motifs is 1. The summed E-state index contributed by atoms with van der Waals surface area (Å²) in [4.78, 5) is 4.26. The van der Waals surface area contributed by atoms with Gasteiger partial charge in [0.15, 0.2) is 0 Å². The molecule has 0 atom stereocenters. The summed E-state index contributed by atoms with van der Waals surface area (Å²) in [6.45, 7) is 2.94. The molecule has 5 heteroatoms. The third-order valence-electron chi connectivity index (χ3n) is 3.20. The number of aromatic nitrogens is 3. The molecular weight excluding hydrogens is 216 g/mol. The van der Waals surface area contributed by atoms with Crippen molar-refractivity contribution < 1.29 is 4.74 Å². The molecule has 0 aliphatic carbocycles. The van der Waals surface area contributed by atoms with Gasteiger partial charge in [-0.05, 0) is 37.9 Å². The van der Waals surface area contributed by atoms with Gasteiger partial charge in [-0.15, -0.1) is 0 Å². The van der Waals surface area contributed by atoms with E-state index in [1.54, 1.807) is 16.9 Å². The van der Waals surface area contributed by atoms with E-state index in [-0.39, 0.29) is 0 Å². The Labute approximate surface area is 99.8 Å². The minimum absolute atomic E-state index is 0.640. The zero-order valence-electron chi connectivity index (χ0n) is 9.67. The summed E-state index contributed by atoms with van der Waals surface area (Å²) in [7, 11) is 0. The Morgan fingerprint density at radius 2 is 2.24 bits per heavy atom. The summed E-state index contributed by atoms with van der Waals surface area (Å²) in [5.41, 5.74) is 0.932. The Hall–Kier alpha value is -1.62. The van der Waals surface area contributed by atoms with Crippen LogP contribution >= 0.6 is 0 Å². The molecule has 0 amide bonds. The van der Waals surface area contributed by atoms with Crippen molar-refractivity contribution in [2.45, 2.75) is 12.8 Å². The molecule has 0 radical (unpaired) electrons. The van der Waals surface area contributed by atoms with E-state index in [1.807, 2.05) is 12.3 Å². The Balaban J connectivity index is 1.69. The predicted octanol–water partition coefficient (Wildman–Crippen LogP) is 1.11. The molecule has 2 aromatic heterocycles. The highest BCUT2D eigenvalue weighted by Crippen LogP contribution is 2.18. The van der Waals surface area contributed by atoms with E-state index in [9.17, 15) is 0 Å². The van der Waals surface area contributed by atoms with Crippen LogP contribution in [0.25, 0.3) is 5.52 Å². The van der Waals surface area contributed by atoms with Gasteiger partial charge < -0.3 is 10.1 Å². The normalized spacial score (nSPS) is 17.4. The van der Waals surface area contributed by atoms with E-state index in [2.05, 4.69) is 15.4 Å². The summed E-state index contributed by atoms with van der Waals surface area (Å²) in [5.74, 6) is 1.32. The highest BCUT2D eigenvalue weighted by atomic mass is 16.5. The third kappa shape index (κ3) is 2.24. The molecule has 1 aliphatic rings. The van der Waals surface area contributed by atoms with Gasteiger partial charge in [-0.2, -0.15) is 5.10 Å². The number of ether oxygens (including phenoxy) is 1. The van der Waals surface area contributed by atoms with Crippen molar-refractivity contribution in [2.24, 2.45) is 5.92 Å². The Kier molecular flexibility index (Phi) is 2.92. The third-order valence-corrected chi connectivity index (χ3v) is 3.20. The fourth-order valence-electron chi connectivity index (χ4n) is 2.19. The lowest BCUT2D eigenvalue weighted by molar-refractivity contribution is 0.210. The molecule has 1 fully saturated rings. The van der Waals surface area contributed by atoms with Gasteiger partial charge >= 0.3 is 0 Å². The van der Waals surface area contributed by atoms with E-state index in [0.717, 1.165) is 25.2 Å². The van der Waals surface area contributed by atoms with Gasteiger partial charge in [0, 0.05) is 12.4 Å². The topological polar surface area (TPSA) is 51.5 Å². The maximum atomic E-state index is 5.82. The molecule has 3 rings (SSSR count). The fourth-order valence-corrected chi connectivity index (χ4v) is 2.19. The monoisotopic (exact) mass is 232 g/mol. The second-order valence-electron chi connectivity index (χ2n) is 4.40. The van der Waals surface area contributed by atoms with Crippen molar-refractivity contribution in [2.75, 3.05) is 19.7 Å². The number of piperidine rings is 1. The van der Waals surface area contributed by atoms with Crippen LogP contribution in [-0.2, 0) is 0 Å². The minimum Gasteiger partial charge on any atom is -0.476 e. The number of nitrogens with one attached hydrogen (secondary N) is 1. The second-order valence-corrected chi connectivity index (χ2v) is 4.40. The van der Waals surface area contributed by atoms with Crippen LogP contribution in [0.5, 0.6) is 5.88 Å². The lowest BCUT2D eigenvalue weighted by Crippen LogP contribution is -2.30. The first-order chi connectivity index (χ1) is 8.43. The van der Waals surface area contributed by atoms with E-state index in [4.69, 9.17) is 4.74 Å². The maximum absolute atomic E-state index is 5.82. The van der Waals surface area contributed by atoms with Crippen LogP contribution < -0.4 is 10.1 Å². The minimum atomic E-state index is 0.640. The van der Waals surface area contributed by atoms with Gasteiger partial charge in [0.25, 0.3) is 0 Å². The standard InChI is InChI=1S/C12H16N4O/c1-4-13-5-2-10(1)9-17-12-11-3-6-15-16(11)8-7-14-12/h3,6-8,10,13H,1-2,4-5,9H2. The summed E-state index contributed by atoms with van der Waals surface area (Å²) < 4.78 is 7.60. The molecule has 1 saturated heterocycles. The van der Waals surface area contributed by atoms with E-state index >= 15 is 0 Å². The molecular formula is C12H16N4O. The van der Waals surface area contributed by atoms with Crippen molar-refractivity contribution in [3.8, 4) is 5.88 Å². The molecule has 1 N–H and O–H groups in total. The first-order valence-electron chi connectivity index (χ1n) is 6.05. The van der Waals surface area contributed by atoms with Crippen LogP contribution in [0, 0.1) is 5.92 Å². The van der Waals surface area contributed by atoms with Crippen molar-refractivity contribution in [3.05, 3.63) is 24.7 Å². The quantitative estimate of drug-likeness (QED) is 0.861. The molecule has 0 bridgehead atoms. The molecule has 0 spiro atoms. The van der Waals surface area contributed by atoms with Gasteiger partial charge in [0.2, 0.25) is 5.88 Å². The lowest BCUT2D eigenvalue weighted by atomic mass is 9.99. The van der Waals surface area contributed by atoms with Crippen LogP contribution in [-0.4, -0.2) is 34.3 Å². The molecule has 3 heterocycles. The van der Waals surface area contributed by atoms with Gasteiger partial charge in [-0.3, -0.25) is 0 Å². The Bertz CT molecular complexity index is 490. The summed E-state index contributed by atoms with van der Waals surface area (Å²) in [5, 5.41) is 7.51. The average Bonchev–Trinajstić information content (AvgIpc) is 2.86. The number of nitrogens with zero attached hydrogens (tertiary/aromatic N) is 3. The van der Waals surface area contributed by atoms with Crippen molar-refractivity contribution in [3.63, 3.8) is 0 Å². The van der Waals surface area contributed by atoms with Crippen LogP contribution in [0.4, 0.5) is 0 Å². The van der Waals surface area contributed by atoms with Gasteiger partial charge in [0.1, 0.15) is 5.52 Å². The SMILES string of the molecule is c1cn2nccc2c(OCC2CCNCC2)n1. The van der Waals surface area contributed by atoms with Crippen molar-refractivity contribution >= 4 is 5.52 Å². The molecule has 0 saturated carbocycles. The van der Waals surface area contributed by atoms with Crippen LogP contribution in [0.15, 0.2) is 24.7 Å². The zero-order chi connectivity index (χ0) is 11.5. The van der Waals surface area contributed by atoms with Gasteiger partial charge in [0.05, 0.1) is 12.8 Å². The molecule has 90 valence electrons. The van der Waals surface area contributed by atoms with Crippen molar-refractivity contribution in [1.82, 2.24) is 19.9 Å². The first kappa shape index (κ1) is 10.5. The molecule has 17 heavy (non-hydrogen) atoms. The molecule has 1 aliphatic heterocycles. The van der Waals surface area contributed by atoms with Crippen LogP contribution in [0.3, 0.4) is 0 Å². The Morgan fingerprint density at radius 1 is 1.35 bits per heavy atom. The number of rotatable bonds is 3. The predicted molar refractivity (Wildman–Crippen MR) is 64.1 cm³/mol. The fraction of sp³-hybridized carbons (Fsp3) is 0.500. The summed E-state index contributed by atoms with van der Waals surface area (Å²) >= 11 is 0. The molecule has 2 aromatic rings. The largest absolute Gasteiger partial charge is 0.476 e. The van der Waals surface area contributed by atoms with Crippen LogP contribution in [0.2, 0.25) is 0 Å². The van der Waals surface area contributed by atoms with Crippen molar-refractivity contribution in [1.29, 1.82) is 0 Å². The smallest absolute Gasteiger partial charge is 0.240 e. The number of hydrogen-bond donors (Lipinski definition) is 1. The van der Waals surface area contributed by atoms with Gasteiger partial charge in [-0.1, -0.05) is 0 Å². The maximum Gasteiger partial charge on any atom is 0.240 e. The van der Waals surface area contributed by atoms with E-state index in [0.29, 0.717) is 11.8 Å². The Morgan fingerprint density at radius 3 is 3.12 bits per heavy atom. The zero-order valence-corrected chi connectivity index (χ0v) is 9.67. The first-order valence-corrected chi connectivity index (χ1v) is 6.05. The van der Waals surface area contributed by atoms with E-state index < -0.39 is 0 Å². The van der Waals surface area contributed by atoms with Gasteiger partial charge in [-0.25, -0.2) is 9.50 Å². The van der Waals surface area contributed by atoms with E-state index in [1.165, 1.54) is 12.8 Å². The average molecular weight is 232 g/mol. The molecule has 5 nitrogen and oxygen atoms in total. The lowest BCUT2D eigenvalue weighted by Gasteiger charge is -2.22. The second kappa shape index (κ2) is 4.71. The van der Waals surface area contributed by atoms with Crippen LogP contribution in [0.1, 0.15) is 12.8 Å². The summed E-state index contributed by atoms with van der Waals surface area (Å²) in [6.07, 6.45) is 7.67. The highest BCUT2D eigenvalue weighted by Gasteiger charge is 2.14. The molecule has 0 unspecified atom stereocenters. The summed E-state index contributed by atoms with van der Waals surface area (Å²) in [6, 6.07) is 1.92. The number of hydrogen-bond acceptors (Lipinski definition) is 4.